The van der Waals surface area contributed by atoms with Crippen molar-refractivity contribution < 1.29 is 8.81 Å². The molecule has 0 saturated heterocycles. The van der Waals surface area contributed by atoms with Crippen LogP contribution in [0.1, 0.15) is 16.8 Å². The molecule has 0 spiro atoms. The zero-order valence-electron chi connectivity index (χ0n) is 9.44. The molecular weight excluding hydrogens is 239 g/mol. The molecule has 0 radical (unpaired) electrons. The molecule has 2 aromatic rings. The van der Waals surface area contributed by atoms with E-state index in [1.165, 1.54) is 23.9 Å². The van der Waals surface area contributed by atoms with E-state index in [0.29, 0.717) is 17.5 Å². The van der Waals surface area contributed by atoms with Crippen LogP contribution in [-0.4, -0.2) is 4.98 Å². The molecule has 0 bridgehead atoms. The molecule has 90 valence electrons. The van der Waals surface area contributed by atoms with Crippen LogP contribution in [0.3, 0.4) is 0 Å². The minimum absolute atomic E-state index is 0.249. The van der Waals surface area contributed by atoms with Crippen LogP contribution >= 0.6 is 11.8 Å². The Bertz CT molecular complexity index is 513. The van der Waals surface area contributed by atoms with Gasteiger partial charge in [0.05, 0.1) is 5.69 Å². The van der Waals surface area contributed by atoms with Gasteiger partial charge in [-0.1, -0.05) is 17.8 Å². The first-order chi connectivity index (χ1) is 8.19. The molecule has 0 saturated carbocycles. The Labute approximate surface area is 103 Å². The number of rotatable bonds is 4. The Morgan fingerprint density at radius 3 is 2.88 bits per heavy atom. The maximum atomic E-state index is 13.1. The maximum Gasteiger partial charge on any atom is 0.256 e. The summed E-state index contributed by atoms with van der Waals surface area (Å²) in [5.41, 5.74) is 8.27. The van der Waals surface area contributed by atoms with E-state index in [4.69, 9.17) is 10.2 Å². The van der Waals surface area contributed by atoms with E-state index in [9.17, 15) is 4.39 Å². The summed E-state index contributed by atoms with van der Waals surface area (Å²) in [5, 5.41) is 0.592. The topological polar surface area (TPSA) is 52.0 Å². The second-order valence-corrected chi connectivity index (χ2v) is 4.59. The number of benzene rings is 1. The van der Waals surface area contributed by atoms with Crippen molar-refractivity contribution in [2.75, 3.05) is 0 Å². The fraction of sp³-hybridized carbons (Fsp3) is 0.250. The molecule has 2 N–H and O–H groups in total. The molecule has 1 heterocycles. The normalized spacial score (nSPS) is 10.8. The van der Waals surface area contributed by atoms with Crippen molar-refractivity contribution in [2.24, 2.45) is 5.73 Å². The zero-order valence-corrected chi connectivity index (χ0v) is 10.3. The van der Waals surface area contributed by atoms with Crippen molar-refractivity contribution in [2.45, 2.75) is 24.4 Å². The molecule has 0 amide bonds. The van der Waals surface area contributed by atoms with E-state index in [1.807, 2.05) is 6.92 Å². The fourth-order valence-electron chi connectivity index (χ4n) is 1.47. The molecule has 0 aliphatic rings. The molecule has 0 aliphatic heterocycles. The van der Waals surface area contributed by atoms with Crippen LogP contribution < -0.4 is 5.73 Å². The Morgan fingerprint density at radius 1 is 1.41 bits per heavy atom. The van der Waals surface area contributed by atoms with Crippen molar-refractivity contribution in [3.05, 3.63) is 47.1 Å². The molecule has 2 rings (SSSR count). The van der Waals surface area contributed by atoms with Gasteiger partial charge in [-0.3, -0.25) is 0 Å². The quantitative estimate of drug-likeness (QED) is 0.850. The summed E-state index contributed by atoms with van der Waals surface area (Å²) >= 11 is 1.43. The minimum atomic E-state index is -0.249. The van der Waals surface area contributed by atoms with Gasteiger partial charge in [-0.25, -0.2) is 9.37 Å². The van der Waals surface area contributed by atoms with E-state index in [1.54, 1.807) is 12.3 Å². The first-order valence-corrected chi connectivity index (χ1v) is 6.20. The third-order valence-corrected chi connectivity index (χ3v) is 3.23. The second-order valence-electron chi connectivity index (χ2n) is 3.66. The van der Waals surface area contributed by atoms with Gasteiger partial charge in [0.1, 0.15) is 12.1 Å². The Hall–Kier alpha value is -1.33. The lowest BCUT2D eigenvalue weighted by atomic mass is 10.1. The highest BCUT2D eigenvalue weighted by atomic mass is 32.2. The first-order valence-electron chi connectivity index (χ1n) is 5.21. The number of aryl methyl sites for hydroxylation is 1. The Morgan fingerprint density at radius 2 is 2.24 bits per heavy atom. The number of oxazole rings is 1. The minimum Gasteiger partial charge on any atom is -0.440 e. The Balaban J connectivity index is 2.10. The average molecular weight is 252 g/mol. The average Bonchev–Trinajstić information content (AvgIpc) is 2.73. The lowest BCUT2D eigenvalue weighted by Gasteiger charge is -2.06. The predicted octanol–water partition coefficient (Wildman–Crippen LogP) is 2.87. The van der Waals surface area contributed by atoms with Crippen molar-refractivity contribution in [3.8, 4) is 0 Å². The standard InChI is InChI=1S/C12H13FN2OS/c1-8-6-16-12(15-8)17-7-10-4-11(13)3-2-9(10)5-14/h2-4,6H,5,7,14H2,1H3. The smallest absolute Gasteiger partial charge is 0.256 e. The lowest BCUT2D eigenvalue weighted by molar-refractivity contribution is 0.454. The Kier molecular flexibility index (Phi) is 3.81. The van der Waals surface area contributed by atoms with Crippen LogP contribution in [0.5, 0.6) is 0 Å². The molecule has 17 heavy (non-hydrogen) atoms. The van der Waals surface area contributed by atoms with Crippen molar-refractivity contribution in [1.82, 2.24) is 4.98 Å². The van der Waals surface area contributed by atoms with E-state index in [2.05, 4.69) is 4.98 Å². The highest BCUT2D eigenvalue weighted by Crippen LogP contribution is 2.24. The zero-order chi connectivity index (χ0) is 12.3. The number of thioether (sulfide) groups is 1. The van der Waals surface area contributed by atoms with Gasteiger partial charge in [0, 0.05) is 12.3 Å². The number of aromatic nitrogens is 1. The van der Waals surface area contributed by atoms with Gasteiger partial charge < -0.3 is 10.2 Å². The molecule has 0 atom stereocenters. The van der Waals surface area contributed by atoms with Crippen LogP contribution in [-0.2, 0) is 12.3 Å². The van der Waals surface area contributed by atoms with Crippen LogP contribution in [0, 0.1) is 12.7 Å². The van der Waals surface area contributed by atoms with Crippen LogP contribution in [0.15, 0.2) is 34.1 Å². The van der Waals surface area contributed by atoms with E-state index in [0.717, 1.165) is 16.8 Å². The number of nitrogens with zero attached hydrogens (tertiary/aromatic N) is 1. The number of hydrogen-bond acceptors (Lipinski definition) is 4. The van der Waals surface area contributed by atoms with Gasteiger partial charge in [0.2, 0.25) is 0 Å². The number of nitrogens with two attached hydrogens (primary N) is 1. The van der Waals surface area contributed by atoms with Gasteiger partial charge in [-0.05, 0) is 30.2 Å². The molecule has 0 aliphatic carbocycles. The molecule has 5 heteroatoms. The fourth-order valence-corrected chi connectivity index (χ4v) is 2.34. The summed E-state index contributed by atoms with van der Waals surface area (Å²) < 4.78 is 18.3. The highest BCUT2D eigenvalue weighted by Gasteiger charge is 2.06. The highest BCUT2D eigenvalue weighted by molar-refractivity contribution is 7.98. The van der Waals surface area contributed by atoms with Gasteiger partial charge in [-0.2, -0.15) is 0 Å². The first kappa shape index (κ1) is 12.1. The molecule has 1 aromatic heterocycles. The summed E-state index contributed by atoms with van der Waals surface area (Å²) in [4.78, 5) is 4.17. The molecule has 1 aromatic carbocycles. The van der Waals surface area contributed by atoms with Gasteiger partial charge in [0.25, 0.3) is 5.22 Å². The number of halogens is 1. The summed E-state index contributed by atoms with van der Waals surface area (Å²) in [6, 6.07) is 4.64. The van der Waals surface area contributed by atoms with Crippen molar-refractivity contribution in [3.63, 3.8) is 0 Å². The summed E-state index contributed by atoms with van der Waals surface area (Å²) in [6.45, 7) is 2.27. The van der Waals surface area contributed by atoms with Crippen LogP contribution in [0.25, 0.3) is 0 Å². The molecule has 0 unspecified atom stereocenters. The summed E-state index contributed by atoms with van der Waals surface area (Å²) in [5.74, 6) is 0.353. The second kappa shape index (κ2) is 5.33. The van der Waals surface area contributed by atoms with Gasteiger partial charge >= 0.3 is 0 Å². The molecule has 0 fully saturated rings. The predicted molar refractivity (Wildman–Crippen MR) is 65.1 cm³/mol. The van der Waals surface area contributed by atoms with Gasteiger partial charge in [0.15, 0.2) is 0 Å². The SMILES string of the molecule is Cc1coc(SCc2cc(F)ccc2CN)n1. The monoisotopic (exact) mass is 252 g/mol. The van der Waals surface area contributed by atoms with Crippen molar-refractivity contribution in [1.29, 1.82) is 0 Å². The van der Waals surface area contributed by atoms with E-state index in [-0.39, 0.29) is 5.82 Å². The maximum absolute atomic E-state index is 13.1. The van der Waals surface area contributed by atoms with E-state index >= 15 is 0 Å². The largest absolute Gasteiger partial charge is 0.440 e. The lowest BCUT2D eigenvalue weighted by Crippen LogP contribution is -2.01. The number of hydrogen-bond donors (Lipinski definition) is 1. The summed E-state index contributed by atoms with van der Waals surface area (Å²) in [7, 11) is 0. The van der Waals surface area contributed by atoms with Crippen LogP contribution in [0.4, 0.5) is 4.39 Å². The third-order valence-electron chi connectivity index (χ3n) is 2.34. The van der Waals surface area contributed by atoms with E-state index < -0.39 is 0 Å². The summed E-state index contributed by atoms with van der Waals surface area (Å²) in [6.07, 6.45) is 1.59. The van der Waals surface area contributed by atoms with Crippen LogP contribution in [0.2, 0.25) is 0 Å². The van der Waals surface area contributed by atoms with Gasteiger partial charge in [-0.15, -0.1) is 0 Å². The molecule has 3 nitrogen and oxygen atoms in total. The third kappa shape index (κ3) is 3.08. The molecular formula is C12H13FN2OS. The van der Waals surface area contributed by atoms with Crippen molar-refractivity contribution >= 4 is 11.8 Å².